The van der Waals surface area contributed by atoms with E-state index in [0.29, 0.717) is 15.6 Å². The molecule has 0 amide bonds. The van der Waals surface area contributed by atoms with Gasteiger partial charge in [0.2, 0.25) is 0 Å². The molecule has 128 valence electrons. The van der Waals surface area contributed by atoms with Gasteiger partial charge in [0.15, 0.2) is 0 Å². The van der Waals surface area contributed by atoms with Gasteiger partial charge in [0.05, 0.1) is 5.56 Å². The first-order chi connectivity index (χ1) is 11.5. The second-order valence-electron chi connectivity index (χ2n) is 5.51. The molecule has 0 spiro atoms. The van der Waals surface area contributed by atoms with Crippen LogP contribution in [0.5, 0.6) is 0 Å². The zero-order chi connectivity index (χ0) is 17.5. The molecule has 2 rings (SSSR count). The Bertz CT molecular complexity index is 662. The zero-order valence-electron chi connectivity index (χ0n) is 13.9. The second-order valence-corrected chi connectivity index (χ2v) is 6.39. The Labute approximate surface area is 153 Å². The summed E-state index contributed by atoms with van der Waals surface area (Å²) in [6.07, 6.45) is 0. The van der Waals surface area contributed by atoms with Gasteiger partial charge in [-0.2, -0.15) is 0 Å². The van der Waals surface area contributed by atoms with Gasteiger partial charge in [-0.15, -0.1) is 0 Å². The Kier molecular flexibility index (Phi) is 7.10. The quantitative estimate of drug-likeness (QED) is 0.632. The Hall–Kier alpha value is -1.55. The van der Waals surface area contributed by atoms with E-state index < -0.39 is 5.97 Å². The Morgan fingerprint density at radius 3 is 2.04 bits per heavy atom. The summed E-state index contributed by atoms with van der Waals surface area (Å²) in [5.74, 6) is -0.438. The van der Waals surface area contributed by atoms with Crippen LogP contribution in [0.15, 0.2) is 42.5 Å². The van der Waals surface area contributed by atoms with Crippen molar-refractivity contribution in [2.45, 2.75) is 27.0 Å². The van der Waals surface area contributed by atoms with E-state index in [1.165, 1.54) is 5.56 Å². The summed E-state index contributed by atoms with van der Waals surface area (Å²) in [4.78, 5) is 14.4. The van der Waals surface area contributed by atoms with E-state index in [1.54, 1.807) is 18.2 Å². The molecule has 0 bridgehead atoms. The van der Waals surface area contributed by atoms with E-state index in [9.17, 15) is 4.79 Å². The topological polar surface area (TPSA) is 29.5 Å². The number of hydrogen-bond acceptors (Lipinski definition) is 3. The van der Waals surface area contributed by atoms with Crippen molar-refractivity contribution >= 4 is 29.2 Å². The molecule has 3 nitrogen and oxygen atoms in total. The highest BCUT2D eigenvalue weighted by Crippen LogP contribution is 2.20. The Morgan fingerprint density at radius 2 is 1.50 bits per heavy atom. The van der Waals surface area contributed by atoms with Crippen molar-refractivity contribution in [1.29, 1.82) is 0 Å². The van der Waals surface area contributed by atoms with E-state index in [0.717, 1.165) is 25.2 Å². The summed E-state index contributed by atoms with van der Waals surface area (Å²) in [5, 5.41) is 0.824. The van der Waals surface area contributed by atoms with Gasteiger partial charge in [0.25, 0.3) is 0 Å². The molecule has 0 saturated heterocycles. The highest BCUT2D eigenvalue weighted by molar-refractivity contribution is 6.35. The van der Waals surface area contributed by atoms with Crippen LogP contribution in [-0.2, 0) is 17.9 Å². The minimum Gasteiger partial charge on any atom is -0.457 e. The van der Waals surface area contributed by atoms with Crippen molar-refractivity contribution in [2.75, 3.05) is 13.1 Å². The minimum absolute atomic E-state index is 0.217. The maximum absolute atomic E-state index is 12.1. The molecule has 0 fully saturated rings. The van der Waals surface area contributed by atoms with Gasteiger partial charge in [-0.3, -0.25) is 4.90 Å². The fourth-order valence-electron chi connectivity index (χ4n) is 2.35. The lowest BCUT2D eigenvalue weighted by Crippen LogP contribution is -2.22. The van der Waals surface area contributed by atoms with E-state index in [2.05, 4.69) is 30.9 Å². The maximum atomic E-state index is 12.1. The molecule has 0 radical (unpaired) electrons. The molecule has 2 aromatic carbocycles. The third-order valence-corrected chi connectivity index (χ3v) is 4.23. The number of benzene rings is 2. The van der Waals surface area contributed by atoms with Crippen LogP contribution in [0.3, 0.4) is 0 Å². The van der Waals surface area contributed by atoms with Gasteiger partial charge >= 0.3 is 5.97 Å². The number of hydrogen-bond donors (Lipinski definition) is 0. The van der Waals surface area contributed by atoms with Crippen molar-refractivity contribution in [1.82, 2.24) is 4.90 Å². The van der Waals surface area contributed by atoms with Crippen LogP contribution in [0.4, 0.5) is 0 Å². The summed E-state index contributed by atoms with van der Waals surface area (Å²) in [5.41, 5.74) is 2.54. The standard InChI is InChI=1S/C19H21Cl2NO2/c1-3-22(4-2)12-14-5-7-15(8-6-14)13-24-19(23)16-9-17(20)11-18(21)10-16/h5-11H,3-4,12-13H2,1-2H3. The number of carbonyl (C=O) groups is 1. The molecule has 0 unspecified atom stereocenters. The molecular weight excluding hydrogens is 345 g/mol. The van der Waals surface area contributed by atoms with Gasteiger partial charge in [-0.05, 0) is 42.4 Å². The number of nitrogens with zero attached hydrogens (tertiary/aromatic N) is 1. The molecule has 5 heteroatoms. The van der Waals surface area contributed by atoms with Crippen LogP contribution in [-0.4, -0.2) is 24.0 Å². The van der Waals surface area contributed by atoms with Crippen molar-refractivity contribution in [3.05, 3.63) is 69.2 Å². The highest BCUT2D eigenvalue weighted by atomic mass is 35.5. The lowest BCUT2D eigenvalue weighted by Gasteiger charge is -2.18. The maximum Gasteiger partial charge on any atom is 0.338 e. The average molecular weight is 366 g/mol. The first kappa shape index (κ1) is 18.8. The number of ether oxygens (including phenoxy) is 1. The summed E-state index contributed by atoms with van der Waals surface area (Å²) >= 11 is 11.8. The number of esters is 1. The van der Waals surface area contributed by atoms with Crippen molar-refractivity contribution < 1.29 is 9.53 Å². The zero-order valence-corrected chi connectivity index (χ0v) is 15.4. The first-order valence-corrected chi connectivity index (χ1v) is 8.70. The molecule has 0 aliphatic rings. The number of rotatable bonds is 7. The van der Waals surface area contributed by atoms with Crippen molar-refractivity contribution in [3.8, 4) is 0 Å². The second kappa shape index (κ2) is 9.07. The average Bonchev–Trinajstić information content (AvgIpc) is 2.57. The highest BCUT2D eigenvalue weighted by Gasteiger charge is 2.10. The van der Waals surface area contributed by atoms with Crippen LogP contribution in [0.25, 0.3) is 0 Å². The third-order valence-electron chi connectivity index (χ3n) is 3.79. The van der Waals surface area contributed by atoms with E-state index in [1.807, 2.05) is 12.1 Å². The summed E-state index contributed by atoms with van der Waals surface area (Å²) in [6.45, 7) is 7.50. The van der Waals surface area contributed by atoms with Crippen LogP contribution in [0.1, 0.15) is 35.3 Å². The molecule has 0 N–H and O–H groups in total. The van der Waals surface area contributed by atoms with Crippen molar-refractivity contribution in [3.63, 3.8) is 0 Å². The molecule has 2 aromatic rings. The molecule has 24 heavy (non-hydrogen) atoms. The molecule has 0 heterocycles. The third kappa shape index (κ3) is 5.52. The van der Waals surface area contributed by atoms with Crippen LogP contribution < -0.4 is 0 Å². The molecule has 0 aliphatic carbocycles. The SMILES string of the molecule is CCN(CC)Cc1ccc(COC(=O)c2cc(Cl)cc(Cl)c2)cc1. The lowest BCUT2D eigenvalue weighted by atomic mass is 10.1. The largest absolute Gasteiger partial charge is 0.457 e. The first-order valence-electron chi connectivity index (χ1n) is 7.95. The number of carbonyl (C=O) groups excluding carboxylic acids is 1. The van der Waals surface area contributed by atoms with E-state index in [4.69, 9.17) is 27.9 Å². The molecule has 0 saturated carbocycles. The smallest absolute Gasteiger partial charge is 0.338 e. The molecule has 0 aromatic heterocycles. The van der Waals surface area contributed by atoms with Crippen LogP contribution in [0.2, 0.25) is 10.0 Å². The molecule has 0 atom stereocenters. The number of halogens is 2. The summed E-state index contributed by atoms with van der Waals surface area (Å²) in [7, 11) is 0. The van der Waals surface area contributed by atoms with Crippen LogP contribution in [0, 0.1) is 0 Å². The predicted octanol–water partition coefficient (Wildman–Crippen LogP) is 5.19. The normalized spacial score (nSPS) is 10.9. The lowest BCUT2D eigenvalue weighted by molar-refractivity contribution is 0.0472. The van der Waals surface area contributed by atoms with Crippen LogP contribution >= 0.6 is 23.2 Å². The van der Waals surface area contributed by atoms with Gasteiger partial charge in [0, 0.05) is 16.6 Å². The van der Waals surface area contributed by atoms with E-state index >= 15 is 0 Å². The summed E-state index contributed by atoms with van der Waals surface area (Å²) < 4.78 is 5.32. The van der Waals surface area contributed by atoms with E-state index in [-0.39, 0.29) is 6.61 Å². The fourth-order valence-corrected chi connectivity index (χ4v) is 2.88. The van der Waals surface area contributed by atoms with Gasteiger partial charge < -0.3 is 4.74 Å². The predicted molar refractivity (Wildman–Crippen MR) is 98.6 cm³/mol. The fraction of sp³-hybridized carbons (Fsp3) is 0.316. The van der Waals surface area contributed by atoms with Gasteiger partial charge in [-0.25, -0.2) is 4.79 Å². The van der Waals surface area contributed by atoms with Gasteiger partial charge in [-0.1, -0.05) is 61.3 Å². The summed E-state index contributed by atoms with van der Waals surface area (Å²) in [6, 6.07) is 12.8. The monoisotopic (exact) mass is 365 g/mol. The molecular formula is C19H21Cl2NO2. The Morgan fingerprint density at radius 1 is 0.958 bits per heavy atom. The Balaban J connectivity index is 1.93. The van der Waals surface area contributed by atoms with Crippen molar-refractivity contribution in [2.24, 2.45) is 0 Å². The van der Waals surface area contributed by atoms with Gasteiger partial charge in [0.1, 0.15) is 6.61 Å². The molecule has 0 aliphatic heterocycles. The minimum atomic E-state index is -0.438.